The monoisotopic (exact) mass is 338 g/mol. The van der Waals surface area contributed by atoms with E-state index in [2.05, 4.69) is 10.2 Å². The summed E-state index contributed by atoms with van der Waals surface area (Å²) in [6.45, 7) is 0.686. The minimum atomic E-state index is 0.0363. The van der Waals surface area contributed by atoms with Gasteiger partial charge in [0.25, 0.3) is 5.22 Å². The zero-order valence-electron chi connectivity index (χ0n) is 12.8. The van der Waals surface area contributed by atoms with E-state index in [0.29, 0.717) is 23.3 Å². The number of fused-ring (bicyclic) bond motifs is 1. The fourth-order valence-electron chi connectivity index (χ4n) is 2.54. The molecule has 0 aliphatic carbocycles. The number of ketones is 1. The Balaban J connectivity index is 1.42. The molecular weight excluding hydrogens is 324 g/mol. The first-order valence-corrected chi connectivity index (χ1v) is 8.59. The van der Waals surface area contributed by atoms with Gasteiger partial charge in [0.15, 0.2) is 5.78 Å². The smallest absolute Gasteiger partial charge is 0.277 e. The fourth-order valence-corrected chi connectivity index (χ4v) is 3.19. The van der Waals surface area contributed by atoms with Crippen molar-refractivity contribution < 1.29 is 13.9 Å². The second kappa shape index (κ2) is 6.49. The minimum absolute atomic E-state index is 0.0363. The molecule has 1 aliphatic heterocycles. The summed E-state index contributed by atoms with van der Waals surface area (Å²) in [5, 5.41) is 8.40. The van der Waals surface area contributed by atoms with E-state index in [-0.39, 0.29) is 11.5 Å². The van der Waals surface area contributed by atoms with E-state index in [9.17, 15) is 4.79 Å². The predicted octanol–water partition coefficient (Wildman–Crippen LogP) is 3.65. The third-order valence-corrected chi connectivity index (χ3v) is 4.58. The molecule has 2 heterocycles. The Morgan fingerprint density at radius 2 is 2.00 bits per heavy atom. The van der Waals surface area contributed by atoms with Gasteiger partial charge in [-0.25, -0.2) is 0 Å². The molecule has 0 N–H and O–H groups in total. The molecule has 0 atom stereocenters. The Bertz CT molecular complexity index is 877. The van der Waals surface area contributed by atoms with Gasteiger partial charge in [-0.15, -0.1) is 10.2 Å². The number of benzene rings is 2. The summed E-state index contributed by atoms with van der Waals surface area (Å²) in [5.41, 5.74) is 2.64. The van der Waals surface area contributed by atoms with Crippen molar-refractivity contribution >= 4 is 17.5 Å². The van der Waals surface area contributed by atoms with Crippen molar-refractivity contribution in [2.45, 2.75) is 11.6 Å². The van der Waals surface area contributed by atoms with Crippen LogP contribution in [0.15, 0.2) is 58.2 Å². The van der Waals surface area contributed by atoms with Crippen LogP contribution >= 0.6 is 11.8 Å². The molecule has 0 fully saturated rings. The van der Waals surface area contributed by atoms with Crippen LogP contribution in [-0.2, 0) is 6.42 Å². The summed E-state index contributed by atoms with van der Waals surface area (Å²) in [6.07, 6.45) is 0.855. The molecule has 0 radical (unpaired) electrons. The van der Waals surface area contributed by atoms with Crippen LogP contribution < -0.4 is 4.74 Å². The summed E-state index contributed by atoms with van der Waals surface area (Å²) in [4.78, 5) is 12.3. The lowest BCUT2D eigenvalue weighted by molar-refractivity contribution is 0.102. The van der Waals surface area contributed by atoms with Gasteiger partial charge in [0, 0.05) is 17.5 Å². The summed E-state index contributed by atoms with van der Waals surface area (Å²) in [5.74, 6) is 1.63. The summed E-state index contributed by atoms with van der Waals surface area (Å²) < 4.78 is 11.1. The molecule has 120 valence electrons. The van der Waals surface area contributed by atoms with Gasteiger partial charge in [-0.2, -0.15) is 0 Å². The van der Waals surface area contributed by atoms with Crippen LogP contribution in [0.3, 0.4) is 0 Å². The largest absolute Gasteiger partial charge is 0.493 e. The first kappa shape index (κ1) is 15.0. The van der Waals surface area contributed by atoms with Crippen molar-refractivity contribution in [1.82, 2.24) is 10.2 Å². The molecule has 1 aliphatic rings. The maximum Gasteiger partial charge on any atom is 0.277 e. The number of thioether (sulfide) groups is 1. The summed E-state index contributed by atoms with van der Waals surface area (Å²) >= 11 is 1.25. The van der Waals surface area contributed by atoms with Gasteiger partial charge in [0.1, 0.15) is 5.75 Å². The SMILES string of the molecule is O=C(CSc1nnc(-c2ccccc2)o1)c1ccc2c(c1)CCO2. The average molecular weight is 338 g/mol. The maximum absolute atomic E-state index is 12.3. The van der Waals surface area contributed by atoms with Crippen LogP contribution in [0.5, 0.6) is 5.75 Å². The molecule has 0 amide bonds. The first-order valence-electron chi connectivity index (χ1n) is 7.60. The number of rotatable bonds is 5. The van der Waals surface area contributed by atoms with E-state index in [0.717, 1.165) is 23.3 Å². The molecule has 4 rings (SSSR count). The normalized spacial score (nSPS) is 12.7. The highest BCUT2D eigenvalue weighted by atomic mass is 32.2. The van der Waals surface area contributed by atoms with Crippen molar-refractivity contribution in [3.8, 4) is 17.2 Å². The van der Waals surface area contributed by atoms with Gasteiger partial charge in [0.05, 0.1) is 12.4 Å². The molecule has 0 unspecified atom stereocenters. The Morgan fingerprint density at radius 3 is 2.88 bits per heavy atom. The molecule has 1 aromatic heterocycles. The highest BCUT2D eigenvalue weighted by Gasteiger charge is 2.16. The van der Waals surface area contributed by atoms with Crippen LogP contribution in [0.1, 0.15) is 15.9 Å². The summed E-state index contributed by atoms with van der Waals surface area (Å²) in [7, 11) is 0. The van der Waals surface area contributed by atoms with Crippen LogP contribution in [0.4, 0.5) is 0 Å². The number of hydrogen-bond acceptors (Lipinski definition) is 6. The Hall–Kier alpha value is -2.60. The number of aromatic nitrogens is 2. The molecular formula is C18H14N2O3S. The second-order valence-electron chi connectivity index (χ2n) is 5.37. The number of carbonyl (C=O) groups excluding carboxylic acids is 1. The number of carbonyl (C=O) groups is 1. The van der Waals surface area contributed by atoms with Crippen molar-refractivity contribution in [2.24, 2.45) is 0 Å². The molecule has 5 nitrogen and oxygen atoms in total. The Labute approximate surface area is 143 Å². The van der Waals surface area contributed by atoms with Crippen LogP contribution in [0.25, 0.3) is 11.5 Å². The van der Waals surface area contributed by atoms with Crippen LogP contribution in [-0.4, -0.2) is 28.3 Å². The topological polar surface area (TPSA) is 65.2 Å². The second-order valence-corrected chi connectivity index (χ2v) is 6.30. The number of ether oxygens (including phenoxy) is 1. The Kier molecular flexibility index (Phi) is 4.04. The third-order valence-electron chi connectivity index (χ3n) is 3.77. The van der Waals surface area contributed by atoms with Crippen LogP contribution in [0, 0.1) is 0 Å². The molecule has 0 spiro atoms. The van der Waals surface area contributed by atoms with E-state index in [1.165, 1.54) is 11.8 Å². The van der Waals surface area contributed by atoms with Gasteiger partial charge in [-0.3, -0.25) is 4.79 Å². The van der Waals surface area contributed by atoms with Gasteiger partial charge in [0.2, 0.25) is 5.89 Å². The first-order chi connectivity index (χ1) is 11.8. The lowest BCUT2D eigenvalue weighted by Crippen LogP contribution is -2.02. The standard InChI is InChI=1S/C18H14N2O3S/c21-15(13-6-7-16-14(10-13)8-9-22-16)11-24-18-20-19-17(23-18)12-4-2-1-3-5-12/h1-7,10H,8-9,11H2. The summed E-state index contributed by atoms with van der Waals surface area (Å²) in [6, 6.07) is 15.1. The van der Waals surface area contributed by atoms with Gasteiger partial charge in [-0.05, 0) is 35.9 Å². The quantitative estimate of drug-likeness (QED) is 0.523. The van der Waals surface area contributed by atoms with Crippen molar-refractivity contribution in [3.05, 3.63) is 59.7 Å². The van der Waals surface area contributed by atoms with Gasteiger partial charge < -0.3 is 9.15 Å². The van der Waals surface area contributed by atoms with E-state index in [1.807, 2.05) is 42.5 Å². The molecule has 3 aromatic rings. The number of hydrogen-bond donors (Lipinski definition) is 0. The highest BCUT2D eigenvalue weighted by molar-refractivity contribution is 7.99. The molecule has 0 bridgehead atoms. The predicted molar refractivity (Wildman–Crippen MR) is 90.4 cm³/mol. The van der Waals surface area contributed by atoms with Crippen molar-refractivity contribution in [1.29, 1.82) is 0 Å². The number of nitrogens with zero attached hydrogens (tertiary/aromatic N) is 2. The average Bonchev–Trinajstić information content (AvgIpc) is 3.29. The van der Waals surface area contributed by atoms with E-state index in [1.54, 1.807) is 6.07 Å². The molecule has 24 heavy (non-hydrogen) atoms. The van der Waals surface area contributed by atoms with E-state index < -0.39 is 0 Å². The fraction of sp³-hybridized carbons (Fsp3) is 0.167. The zero-order chi connectivity index (χ0) is 16.4. The minimum Gasteiger partial charge on any atom is -0.493 e. The van der Waals surface area contributed by atoms with Crippen molar-refractivity contribution in [2.75, 3.05) is 12.4 Å². The highest BCUT2D eigenvalue weighted by Crippen LogP contribution is 2.27. The zero-order valence-corrected chi connectivity index (χ0v) is 13.6. The molecule has 0 saturated heterocycles. The number of Topliss-reactive ketones (excluding diaryl/α,β-unsaturated/α-hetero) is 1. The molecule has 6 heteroatoms. The molecule has 0 saturated carbocycles. The van der Waals surface area contributed by atoms with Gasteiger partial charge >= 0.3 is 0 Å². The van der Waals surface area contributed by atoms with Crippen molar-refractivity contribution in [3.63, 3.8) is 0 Å². The lowest BCUT2D eigenvalue weighted by atomic mass is 10.1. The lowest BCUT2D eigenvalue weighted by Gasteiger charge is -2.02. The van der Waals surface area contributed by atoms with E-state index >= 15 is 0 Å². The van der Waals surface area contributed by atoms with Gasteiger partial charge in [-0.1, -0.05) is 30.0 Å². The van der Waals surface area contributed by atoms with Crippen LogP contribution in [0.2, 0.25) is 0 Å². The Morgan fingerprint density at radius 1 is 1.12 bits per heavy atom. The molecule has 2 aromatic carbocycles. The third kappa shape index (κ3) is 3.05. The maximum atomic E-state index is 12.3. The van der Waals surface area contributed by atoms with E-state index in [4.69, 9.17) is 9.15 Å².